The SMILES string of the molecule is Cc1ccc(C)c(S(=O)(=O)NNS(=O)(=O)c2ccc(C)c(C)c2)c1. The fourth-order valence-electron chi connectivity index (χ4n) is 2.10. The summed E-state index contributed by atoms with van der Waals surface area (Å²) >= 11 is 0. The van der Waals surface area contributed by atoms with Crippen molar-refractivity contribution in [1.82, 2.24) is 9.66 Å². The largest absolute Gasteiger partial charge is 0.254 e. The van der Waals surface area contributed by atoms with Crippen molar-refractivity contribution < 1.29 is 16.8 Å². The molecule has 0 amide bonds. The standard InChI is InChI=1S/C16H20N2O4S2/c1-11-5-6-13(3)16(9-11)24(21,22)18-17-23(19,20)15-8-7-12(2)14(4)10-15/h5-10,17-18H,1-4H3. The molecular formula is C16H20N2O4S2. The number of sulfonamides is 2. The molecule has 2 N–H and O–H groups in total. The Morgan fingerprint density at radius 1 is 0.667 bits per heavy atom. The molecule has 6 nitrogen and oxygen atoms in total. The smallest absolute Gasteiger partial charge is 0.206 e. The quantitative estimate of drug-likeness (QED) is 0.791. The van der Waals surface area contributed by atoms with Crippen molar-refractivity contribution in [3.05, 3.63) is 58.7 Å². The number of hydrazine groups is 1. The van der Waals surface area contributed by atoms with Crippen molar-refractivity contribution in [1.29, 1.82) is 0 Å². The molecule has 0 aliphatic heterocycles. The van der Waals surface area contributed by atoms with Crippen LogP contribution in [0.2, 0.25) is 0 Å². The number of nitrogens with one attached hydrogen (secondary N) is 2. The summed E-state index contributed by atoms with van der Waals surface area (Å²) in [5.41, 5.74) is 3.04. The average molecular weight is 368 g/mol. The summed E-state index contributed by atoms with van der Waals surface area (Å²) < 4.78 is 49.3. The molecule has 8 heteroatoms. The molecule has 2 aromatic carbocycles. The van der Waals surface area contributed by atoms with Crippen LogP contribution < -0.4 is 9.66 Å². The second-order valence-corrected chi connectivity index (χ2v) is 9.06. The molecule has 0 aliphatic rings. The Morgan fingerprint density at radius 3 is 1.88 bits per heavy atom. The molecule has 0 heterocycles. The number of aryl methyl sites for hydroxylation is 4. The molecule has 0 aliphatic carbocycles. The van der Waals surface area contributed by atoms with Gasteiger partial charge < -0.3 is 0 Å². The maximum Gasteiger partial charge on any atom is 0.254 e. The fourth-order valence-corrected chi connectivity index (χ4v) is 4.62. The van der Waals surface area contributed by atoms with Crippen molar-refractivity contribution in [3.63, 3.8) is 0 Å². The molecule has 0 radical (unpaired) electrons. The van der Waals surface area contributed by atoms with E-state index in [1.807, 2.05) is 16.6 Å². The van der Waals surface area contributed by atoms with Gasteiger partial charge in [-0.3, -0.25) is 0 Å². The zero-order valence-corrected chi connectivity index (χ0v) is 15.5. The van der Waals surface area contributed by atoms with Crippen LogP contribution in [0.4, 0.5) is 0 Å². The Hall–Kier alpha value is -1.74. The lowest BCUT2D eigenvalue weighted by molar-refractivity contribution is 0.557. The first-order chi connectivity index (χ1) is 11.0. The zero-order chi connectivity index (χ0) is 18.1. The lowest BCUT2D eigenvalue weighted by Crippen LogP contribution is -2.41. The van der Waals surface area contributed by atoms with Gasteiger partial charge in [-0.25, -0.2) is 16.8 Å². The maximum absolute atomic E-state index is 12.4. The Balaban J connectivity index is 2.28. The highest BCUT2D eigenvalue weighted by atomic mass is 32.2. The predicted molar refractivity (Wildman–Crippen MR) is 92.5 cm³/mol. The maximum atomic E-state index is 12.4. The fraction of sp³-hybridized carbons (Fsp3) is 0.250. The van der Waals surface area contributed by atoms with Crippen LogP contribution in [-0.4, -0.2) is 16.8 Å². The van der Waals surface area contributed by atoms with Gasteiger partial charge in [-0.05, 0) is 68.1 Å². The van der Waals surface area contributed by atoms with Crippen molar-refractivity contribution in [2.45, 2.75) is 37.5 Å². The van der Waals surface area contributed by atoms with E-state index in [4.69, 9.17) is 0 Å². The topological polar surface area (TPSA) is 92.3 Å². The minimum atomic E-state index is -4.01. The molecule has 130 valence electrons. The van der Waals surface area contributed by atoms with E-state index in [1.165, 1.54) is 18.2 Å². The van der Waals surface area contributed by atoms with E-state index < -0.39 is 20.0 Å². The minimum absolute atomic E-state index is 0.00531. The predicted octanol–water partition coefficient (Wildman–Crippen LogP) is 2.09. The first kappa shape index (κ1) is 18.6. The van der Waals surface area contributed by atoms with Gasteiger partial charge in [0.2, 0.25) is 0 Å². The summed E-state index contributed by atoms with van der Waals surface area (Å²) in [6.45, 7) is 7.06. The number of rotatable bonds is 5. The van der Waals surface area contributed by atoms with E-state index in [0.717, 1.165) is 16.7 Å². The van der Waals surface area contributed by atoms with E-state index in [2.05, 4.69) is 0 Å². The summed E-state index contributed by atoms with van der Waals surface area (Å²) in [4.78, 5) is 3.92. The summed E-state index contributed by atoms with van der Waals surface area (Å²) in [6.07, 6.45) is 0. The molecule has 0 aromatic heterocycles. The van der Waals surface area contributed by atoms with Gasteiger partial charge >= 0.3 is 0 Å². The van der Waals surface area contributed by atoms with Crippen molar-refractivity contribution in [2.75, 3.05) is 0 Å². The number of hydrogen-bond donors (Lipinski definition) is 2. The summed E-state index contributed by atoms with van der Waals surface area (Å²) in [7, 11) is -8.02. The molecule has 0 bridgehead atoms. The van der Waals surface area contributed by atoms with E-state index in [9.17, 15) is 16.8 Å². The Morgan fingerprint density at radius 2 is 1.25 bits per heavy atom. The second-order valence-electron chi connectivity index (χ2n) is 5.73. The first-order valence-electron chi connectivity index (χ1n) is 7.21. The number of benzene rings is 2. The molecule has 0 atom stereocenters. The van der Waals surface area contributed by atoms with Crippen LogP contribution >= 0.6 is 0 Å². The van der Waals surface area contributed by atoms with Gasteiger partial charge in [0.15, 0.2) is 0 Å². The van der Waals surface area contributed by atoms with Crippen LogP contribution in [0, 0.1) is 27.7 Å². The summed E-state index contributed by atoms with van der Waals surface area (Å²) in [5, 5.41) is 0. The third-order valence-corrected chi connectivity index (χ3v) is 6.50. The molecule has 0 saturated carbocycles. The van der Waals surface area contributed by atoms with Crippen LogP contribution in [0.1, 0.15) is 22.3 Å². The van der Waals surface area contributed by atoms with Gasteiger partial charge in [-0.15, -0.1) is 9.66 Å². The molecule has 24 heavy (non-hydrogen) atoms. The normalized spacial score (nSPS) is 12.3. The van der Waals surface area contributed by atoms with Crippen molar-refractivity contribution in [3.8, 4) is 0 Å². The Labute approximate surface area is 143 Å². The van der Waals surface area contributed by atoms with E-state index in [-0.39, 0.29) is 9.79 Å². The highest BCUT2D eigenvalue weighted by Gasteiger charge is 2.21. The molecule has 0 spiro atoms. The lowest BCUT2D eigenvalue weighted by atomic mass is 10.1. The summed E-state index contributed by atoms with van der Waals surface area (Å²) in [6, 6.07) is 9.53. The van der Waals surface area contributed by atoms with Crippen LogP contribution in [0.5, 0.6) is 0 Å². The molecule has 2 rings (SSSR count). The Bertz CT molecular complexity index is 981. The van der Waals surface area contributed by atoms with Crippen LogP contribution in [0.25, 0.3) is 0 Å². The summed E-state index contributed by atoms with van der Waals surface area (Å²) in [5.74, 6) is 0. The monoisotopic (exact) mass is 368 g/mol. The molecule has 0 fully saturated rings. The third kappa shape index (κ3) is 4.02. The highest BCUT2D eigenvalue weighted by molar-refractivity contribution is 7.92. The zero-order valence-electron chi connectivity index (χ0n) is 13.9. The van der Waals surface area contributed by atoms with Gasteiger partial charge in [-0.2, -0.15) is 0 Å². The van der Waals surface area contributed by atoms with Gasteiger partial charge in [-0.1, -0.05) is 18.2 Å². The van der Waals surface area contributed by atoms with Crippen molar-refractivity contribution >= 4 is 20.0 Å². The van der Waals surface area contributed by atoms with E-state index in [1.54, 1.807) is 39.0 Å². The average Bonchev–Trinajstić information content (AvgIpc) is 2.50. The van der Waals surface area contributed by atoms with Gasteiger partial charge in [0, 0.05) is 0 Å². The highest BCUT2D eigenvalue weighted by Crippen LogP contribution is 2.17. The third-order valence-electron chi connectivity index (χ3n) is 3.73. The van der Waals surface area contributed by atoms with Gasteiger partial charge in [0.05, 0.1) is 9.79 Å². The van der Waals surface area contributed by atoms with Crippen LogP contribution in [-0.2, 0) is 20.0 Å². The van der Waals surface area contributed by atoms with Crippen LogP contribution in [0.3, 0.4) is 0 Å². The lowest BCUT2D eigenvalue weighted by Gasteiger charge is -2.12. The number of hydrogen-bond acceptors (Lipinski definition) is 4. The Kier molecular flexibility index (Phi) is 5.14. The molecule has 0 unspecified atom stereocenters. The second kappa shape index (κ2) is 6.64. The van der Waals surface area contributed by atoms with E-state index >= 15 is 0 Å². The molecular weight excluding hydrogens is 348 g/mol. The van der Waals surface area contributed by atoms with Gasteiger partial charge in [0.1, 0.15) is 0 Å². The first-order valence-corrected chi connectivity index (χ1v) is 10.2. The molecule has 0 saturated heterocycles. The minimum Gasteiger partial charge on any atom is -0.206 e. The molecule has 2 aromatic rings. The van der Waals surface area contributed by atoms with Crippen molar-refractivity contribution in [2.24, 2.45) is 0 Å². The van der Waals surface area contributed by atoms with E-state index in [0.29, 0.717) is 5.56 Å². The van der Waals surface area contributed by atoms with Gasteiger partial charge in [0.25, 0.3) is 20.0 Å². The van der Waals surface area contributed by atoms with Crippen LogP contribution in [0.15, 0.2) is 46.2 Å².